The van der Waals surface area contributed by atoms with Gasteiger partial charge in [-0.2, -0.15) is 0 Å². The van der Waals surface area contributed by atoms with Gasteiger partial charge >= 0.3 is 0 Å². The lowest BCUT2D eigenvalue weighted by molar-refractivity contribution is -0.147. The van der Waals surface area contributed by atoms with Crippen LogP contribution in [0.2, 0.25) is 0 Å². The van der Waals surface area contributed by atoms with Gasteiger partial charge in [0.15, 0.2) is 0 Å². The highest BCUT2D eigenvalue weighted by molar-refractivity contribution is 9.09. The molecule has 0 aliphatic carbocycles. The van der Waals surface area contributed by atoms with Gasteiger partial charge in [0, 0.05) is 43.3 Å². The number of nitrogens with zero attached hydrogens (tertiary/aromatic N) is 3. The van der Waals surface area contributed by atoms with Gasteiger partial charge in [0.1, 0.15) is 11.6 Å². The van der Waals surface area contributed by atoms with Crippen LogP contribution in [0.15, 0.2) is 55.6 Å². The minimum absolute atomic E-state index is 0.135. The highest BCUT2D eigenvalue weighted by Gasteiger charge is 2.76. The lowest BCUT2D eigenvalue weighted by Crippen LogP contribution is -2.57. The van der Waals surface area contributed by atoms with Crippen LogP contribution in [0.25, 0.3) is 0 Å². The fourth-order valence-electron chi connectivity index (χ4n) is 6.89. The minimum Gasteiger partial charge on any atom is -0.396 e. The van der Waals surface area contributed by atoms with Gasteiger partial charge in [0.25, 0.3) is 0 Å². The Labute approximate surface area is 252 Å². The first-order valence-corrected chi connectivity index (χ1v) is 15.9. The Bertz CT molecular complexity index is 1100. The summed E-state index contributed by atoms with van der Waals surface area (Å²) in [5, 5.41) is 9.18. The van der Waals surface area contributed by atoms with Gasteiger partial charge in [-0.25, -0.2) is 0 Å². The summed E-state index contributed by atoms with van der Waals surface area (Å²) in [5.41, 5.74) is -0.350. The molecule has 8 nitrogen and oxygen atoms in total. The van der Waals surface area contributed by atoms with Crippen molar-refractivity contribution in [1.82, 2.24) is 9.80 Å². The van der Waals surface area contributed by atoms with Crippen molar-refractivity contribution >= 4 is 39.3 Å². The number of amides is 3. The Morgan fingerprint density at radius 2 is 1.80 bits per heavy atom. The molecule has 6 atom stereocenters. The van der Waals surface area contributed by atoms with E-state index in [-0.39, 0.29) is 29.2 Å². The average Bonchev–Trinajstić information content (AvgIpc) is 3.57. The molecule has 0 saturated carbocycles. The Morgan fingerprint density at radius 1 is 1.10 bits per heavy atom. The van der Waals surface area contributed by atoms with Crippen LogP contribution in [0.1, 0.15) is 51.9 Å². The molecule has 3 fully saturated rings. The van der Waals surface area contributed by atoms with Crippen molar-refractivity contribution < 1.29 is 24.2 Å². The van der Waals surface area contributed by atoms with E-state index < -0.39 is 29.6 Å². The van der Waals surface area contributed by atoms with Crippen molar-refractivity contribution in [3.63, 3.8) is 0 Å². The fourth-order valence-corrected chi connectivity index (χ4v) is 7.83. The number of rotatable bonds is 16. The number of likely N-dealkylation sites (tertiary alicyclic amines) is 1. The third-order valence-electron chi connectivity index (χ3n) is 8.70. The Kier molecular flexibility index (Phi) is 10.8. The molecule has 0 aromatic heterocycles. The number of hydrogen-bond donors (Lipinski definition) is 1. The minimum atomic E-state index is -1.08. The maximum absolute atomic E-state index is 14.3. The van der Waals surface area contributed by atoms with Crippen LogP contribution in [-0.2, 0) is 19.1 Å². The van der Waals surface area contributed by atoms with Gasteiger partial charge in [0.2, 0.25) is 17.7 Å². The molecule has 1 aromatic rings. The van der Waals surface area contributed by atoms with E-state index in [1.165, 1.54) is 0 Å². The number of carbonyl (C=O) groups is 3. The molecule has 2 bridgehead atoms. The number of benzene rings is 1. The lowest BCUT2D eigenvalue weighted by Gasteiger charge is -2.37. The maximum Gasteiger partial charge on any atom is 0.248 e. The second-order valence-corrected chi connectivity index (χ2v) is 12.5. The summed E-state index contributed by atoms with van der Waals surface area (Å²) in [6, 6.07) is 8.60. The van der Waals surface area contributed by atoms with E-state index in [1.807, 2.05) is 30.3 Å². The predicted octanol–water partition coefficient (Wildman–Crippen LogP) is 4.32. The van der Waals surface area contributed by atoms with E-state index in [0.717, 1.165) is 31.4 Å². The molecule has 4 rings (SSSR count). The van der Waals surface area contributed by atoms with Gasteiger partial charge < -0.3 is 24.5 Å². The summed E-state index contributed by atoms with van der Waals surface area (Å²) in [4.78, 5) is 48.0. The molecule has 3 unspecified atom stereocenters. The second kappa shape index (κ2) is 14.1. The number of alkyl halides is 1. The number of aliphatic hydroxyl groups is 1. The maximum atomic E-state index is 14.3. The Morgan fingerprint density at radius 3 is 2.46 bits per heavy atom. The summed E-state index contributed by atoms with van der Waals surface area (Å²) in [7, 11) is 0. The number of anilines is 1. The van der Waals surface area contributed by atoms with E-state index in [0.29, 0.717) is 45.4 Å². The van der Waals surface area contributed by atoms with Gasteiger partial charge in [-0.3, -0.25) is 14.4 Å². The Hall–Kier alpha value is -2.49. The zero-order valence-electron chi connectivity index (χ0n) is 24.1. The first-order chi connectivity index (χ1) is 19.9. The summed E-state index contributed by atoms with van der Waals surface area (Å²) in [5.74, 6) is -1.96. The molecule has 3 heterocycles. The normalized spacial score (nSPS) is 28.0. The smallest absolute Gasteiger partial charge is 0.248 e. The zero-order valence-corrected chi connectivity index (χ0v) is 25.7. The number of carbonyl (C=O) groups excluding carboxylic acids is 3. The molecule has 9 heteroatoms. The molecule has 1 spiro atoms. The third kappa shape index (κ3) is 6.04. The van der Waals surface area contributed by atoms with E-state index in [9.17, 15) is 19.5 Å². The molecule has 3 saturated heterocycles. The highest BCUT2D eigenvalue weighted by atomic mass is 79.9. The fraction of sp³-hybridized carbons (Fsp3) is 0.594. The van der Waals surface area contributed by atoms with Crippen LogP contribution in [0, 0.1) is 11.8 Å². The molecular formula is C32H44BrN3O5. The first-order valence-electron chi connectivity index (χ1n) is 15.0. The van der Waals surface area contributed by atoms with Gasteiger partial charge in [-0.15, -0.1) is 13.2 Å². The van der Waals surface area contributed by atoms with Gasteiger partial charge in [-0.1, -0.05) is 72.5 Å². The first kappa shape index (κ1) is 31.4. The van der Waals surface area contributed by atoms with Crippen molar-refractivity contribution in [2.24, 2.45) is 11.8 Å². The summed E-state index contributed by atoms with van der Waals surface area (Å²) < 4.78 is 6.72. The van der Waals surface area contributed by atoms with Crippen molar-refractivity contribution in [3.05, 3.63) is 55.6 Å². The SMILES string of the molecule is C=CCN(CCCC)C(=O)C1N(CCCCCCO)C(=O)[C@@H]2[C@@H](C(=O)N(CC=C)c3ccccc3)[C@@H]3OC12CC3Br. The molecule has 3 amide bonds. The lowest BCUT2D eigenvalue weighted by atomic mass is 9.70. The number of unbranched alkanes of at least 4 members (excludes halogenated alkanes) is 4. The summed E-state index contributed by atoms with van der Waals surface area (Å²) in [6.45, 7) is 11.6. The van der Waals surface area contributed by atoms with Crippen LogP contribution in [0.3, 0.4) is 0 Å². The number of hydrogen-bond acceptors (Lipinski definition) is 5. The topological polar surface area (TPSA) is 90.4 Å². The molecule has 0 radical (unpaired) electrons. The molecule has 1 aromatic carbocycles. The average molecular weight is 631 g/mol. The van der Waals surface area contributed by atoms with E-state index in [2.05, 4.69) is 36.0 Å². The Balaban J connectivity index is 1.72. The molecular weight excluding hydrogens is 586 g/mol. The van der Waals surface area contributed by atoms with E-state index in [1.54, 1.807) is 26.9 Å². The van der Waals surface area contributed by atoms with Crippen LogP contribution < -0.4 is 4.90 Å². The highest BCUT2D eigenvalue weighted by Crippen LogP contribution is 2.60. The van der Waals surface area contributed by atoms with Crippen molar-refractivity contribution in [2.45, 2.75) is 74.4 Å². The van der Waals surface area contributed by atoms with Crippen molar-refractivity contribution in [2.75, 3.05) is 37.7 Å². The standard InChI is InChI=1S/C32H44BrN3O5/c1-4-7-19-34(17-5-2)31(40)28-32-22-24(33)27(41-32)25(26(32)30(39)36(28)20-13-8-9-14-21-37)29(38)35(18-6-3)23-15-11-10-12-16-23/h5-6,10-12,15-16,24-28,37H,2-4,7-9,13-14,17-22H2,1H3/t24?,25-,26+,27-,28?,32?/m1/s1. The van der Waals surface area contributed by atoms with E-state index in [4.69, 9.17) is 4.74 Å². The van der Waals surface area contributed by atoms with Crippen LogP contribution in [-0.4, -0.2) is 88.0 Å². The van der Waals surface area contributed by atoms with E-state index >= 15 is 0 Å². The number of para-hydroxylation sites is 1. The second-order valence-electron chi connectivity index (χ2n) is 11.3. The van der Waals surface area contributed by atoms with Crippen molar-refractivity contribution in [3.8, 4) is 0 Å². The molecule has 3 aliphatic heterocycles. The molecule has 1 N–H and O–H groups in total. The number of fused-ring (bicyclic) bond motifs is 1. The van der Waals surface area contributed by atoms with Crippen LogP contribution in [0.5, 0.6) is 0 Å². The number of ether oxygens (including phenoxy) is 1. The summed E-state index contributed by atoms with van der Waals surface area (Å²) >= 11 is 3.78. The largest absolute Gasteiger partial charge is 0.396 e. The quantitative estimate of drug-likeness (QED) is 0.167. The monoisotopic (exact) mass is 629 g/mol. The third-order valence-corrected chi connectivity index (χ3v) is 9.55. The number of halogens is 1. The summed E-state index contributed by atoms with van der Waals surface area (Å²) in [6.07, 6.45) is 8.25. The van der Waals surface area contributed by atoms with Crippen LogP contribution >= 0.6 is 15.9 Å². The van der Waals surface area contributed by atoms with Crippen molar-refractivity contribution in [1.29, 1.82) is 0 Å². The predicted molar refractivity (Wildman–Crippen MR) is 164 cm³/mol. The molecule has 41 heavy (non-hydrogen) atoms. The number of aliphatic hydroxyl groups excluding tert-OH is 1. The zero-order chi connectivity index (χ0) is 29.6. The van der Waals surface area contributed by atoms with Gasteiger partial charge in [-0.05, 0) is 37.8 Å². The molecule has 3 aliphatic rings. The van der Waals surface area contributed by atoms with Gasteiger partial charge in [0.05, 0.1) is 17.9 Å². The van der Waals surface area contributed by atoms with Crippen LogP contribution in [0.4, 0.5) is 5.69 Å². The molecule has 224 valence electrons.